The standard InChI is InChI=1S/C20H16BrN3O3/c1-20(14-7-9-15(21)10-8-14)18(25)24(19(26)23-20)11-16-12-27-17(22-16)13-5-3-2-4-6-13/h2-10,12H,11H2,1H3,(H,23,26)/t20-/m0/s1. The molecule has 0 bridgehead atoms. The number of oxazole rings is 1. The van der Waals surface area contributed by atoms with Gasteiger partial charge in [-0.05, 0) is 36.8 Å². The van der Waals surface area contributed by atoms with Gasteiger partial charge in [0.15, 0.2) is 0 Å². The minimum absolute atomic E-state index is 0.0487. The topological polar surface area (TPSA) is 75.4 Å². The van der Waals surface area contributed by atoms with Crippen molar-refractivity contribution < 1.29 is 14.0 Å². The van der Waals surface area contributed by atoms with E-state index >= 15 is 0 Å². The highest BCUT2D eigenvalue weighted by molar-refractivity contribution is 9.10. The Balaban J connectivity index is 1.56. The third kappa shape index (κ3) is 3.14. The smallest absolute Gasteiger partial charge is 0.325 e. The lowest BCUT2D eigenvalue weighted by Gasteiger charge is -2.22. The van der Waals surface area contributed by atoms with Crippen molar-refractivity contribution in [2.24, 2.45) is 0 Å². The number of aromatic nitrogens is 1. The van der Waals surface area contributed by atoms with Crippen LogP contribution in [0.5, 0.6) is 0 Å². The SMILES string of the molecule is C[C@@]1(c2ccc(Br)cc2)NC(=O)N(Cc2coc(-c3ccccc3)n2)C1=O. The quantitative estimate of drug-likeness (QED) is 0.639. The van der Waals surface area contributed by atoms with E-state index in [0.717, 1.165) is 20.5 Å². The molecule has 0 unspecified atom stereocenters. The van der Waals surface area contributed by atoms with Gasteiger partial charge in [-0.3, -0.25) is 9.69 Å². The number of carbonyl (C=O) groups is 2. The number of nitrogens with zero attached hydrogens (tertiary/aromatic N) is 2. The van der Waals surface area contributed by atoms with Crippen molar-refractivity contribution in [3.63, 3.8) is 0 Å². The predicted molar refractivity (Wildman–Crippen MR) is 103 cm³/mol. The summed E-state index contributed by atoms with van der Waals surface area (Å²) in [5.41, 5.74) is 0.957. The molecule has 2 heterocycles. The van der Waals surface area contributed by atoms with Gasteiger partial charge in [0.2, 0.25) is 5.89 Å². The summed E-state index contributed by atoms with van der Waals surface area (Å²) in [5, 5.41) is 2.79. The fourth-order valence-corrected chi connectivity index (χ4v) is 3.34. The summed E-state index contributed by atoms with van der Waals surface area (Å²) in [6.07, 6.45) is 1.47. The monoisotopic (exact) mass is 425 g/mol. The summed E-state index contributed by atoms with van der Waals surface area (Å²) in [5.74, 6) is 0.132. The second-order valence-electron chi connectivity index (χ2n) is 6.46. The van der Waals surface area contributed by atoms with E-state index < -0.39 is 11.6 Å². The number of hydrogen-bond acceptors (Lipinski definition) is 4. The molecular formula is C20H16BrN3O3. The number of hydrogen-bond donors (Lipinski definition) is 1. The molecule has 1 saturated heterocycles. The van der Waals surface area contributed by atoms with E-state index in [0.29, 0.717) is 11.6 Å². The van der Waals surface area contributed by atoms with E-state index in [1.54, 1.807) is 6.92 Å². The summed E-state index contributed by atoms with van der Waals surface area (Å²) in [6, 6.07) is 16.3. The second-order valence-corrected chi connectivity index (χ2v) is 7.38. The van der Waals surface area contributed by atoms with E-state index in [2.05, 4.69) is 26.2 Å². The molecule has 1 fully saturated rings. The number of carbonyl (C=O) groups excluding carboxylic acids is 2. The van der Waals surface area contributed by atoms with Crippen LogP contribution in [-0.4, -0.2) is 21.8 Å². The Labute approximate surface area is 164 Å². The molecule has 3 amide bonds. The van der Waals surface area contributed by atoms with Crippen molar-refractivity contribution in [2.75, 3.05) is 0 Å². The molecule has 1 aromatic heterocycles. The molecule has 0 spiro atoms. The summed E-state index contributed by atoms with van der Waals surface area (Å²) < 4.78 is 6.40. The van der Waals surface area contributed by atoms with Crippen LogP contribution >= 0.6 is 15.9 Å². The van der Waals surface area contributed by atoms with Crippen molar-refractivity contribution in [1.82, 2.24) is 15.2 Å². The molecule has 2 aromatic carbocycles. The summed E-state index contributed by atoms with van der Waals surface area (Å²) in [7, 11) is 0. The van der Waals surface area contributed by atoms with Gasteiger partial charge < -0.3 is 9.73 Å². The van der Waals surface area contributed by atoms with Crippen LogP contribution in [0.2, 0.25) is 0 Å². The van der Waals surface area contributed by atoms with Gasteiger partial charge >= 0.3 is 6.03 Å². The summed E-state index contributed by atoms with van der Waals surface area (Å²) >= 11 is 3.37. The zero-order chi connectivity index (χ0) is 19.0. The van der Waals surface area contributed by atoms with E-state index in [9.17, 15) is 9.59 Å². The third-order valence-electron chi connectivity index (χ3n) is 4.59. The van der Waals surface area contributed by atoms with Crippen molar-refractivity contribution >= 4 is 27.9 Å². The highest BCUT2D eigenvalue weighted by atomic mass is 79.9. The highest BCUT2D eigenvalue weighted by Crippen LogP contribution is 2.31. The summed E-state index contributed by atoms with van der Waals surface area (Å²) in [4.78, 5) is 31.0. The number of halogens is 1. The number of urea groups is 1. The van der Waals surface area contributed by atoms with Crippen molar-refractivity contribution in [2.45, 2.75) is 19.0 Å². The number of rotatable bonds is 4. The third-order valence-corrected chi connectivity index (χ3v) is 5.12. The average Bonchev–Trinajstić information content (AvgIpc) is 3.22. The second kappa shape index (κ2) is 6.66. The zero-order valence-corrected chi connectivity index (χ0v) is 16.1. The average molecular weight is 426 g/mol. The van der Waals surface area contributed by atoms with Gasteiger partial charge in [0.1, 0.15) is 11.8 Å². The van der Waals surface area contributed by atoms with Crippen LogP contribution in [0.25, 0.3) is 11.5 Å². The fourth-order valence-electron chi connectivity index (χ4n) is 3.07. The minimum Gasteiger partial charge on any atom is -0.444 e. The molecule has 0 radical (unpaired) electrons. The minimum atomic E-state index is -1.11. The molecule has 1 atom stereocenters. The lowest BCUT2D eigenvalue weighted by Crippen LogP contribution is -2.40. The van der Waals surface area contributed by atoms with Gasteiger partial charge in [-0.25, -0.2) is 9.78 Å². The van der Waals surface area contributed by atoms with Crippen LogP contribution in [0.1, 0.15) is 18.2 Å². The van der Waals surface area contributed by atoms with Crippen molar-refractivity contribution in [1.29, 1.82) is 0 Å². The van der Waals surface area contributed by atoms with Gasteiger partial charge in [-0.2, -0.15) is 0 Å². The number of benzene rings is 2. The molecule has 1 aliphatic heterocycles. The normalized spacial score (nSPS) is 19.4. The fraction of sp³-hybridized carbons (Fsp3) is 0.150. The molecule has 7 heteroatoms. The maximum atomic E-state index is 13.0. The molecule has 6 nitrogen and oxygen atoms in total. The molecule has 136 valence electrons. The Morgan fingerprint density at radius 2 is 1.81 bits per heavy atom. The Hall–Kier alpha value is -2.93. The Bertz CT molecular complexity index is 1000. The Morgan fingerprint density at radius 3 is 2.52 bits per heavy atom. The predicted octanol–water partition coefficient (Wildman–Crippen LogP) is 4.07. The van der Waals surface area contributed by atoms with Gasteiger partial charge in [0.05, 0.1) is 12.2 Å². The van der Waals surface area contributed by atoms with Crippen molar-refractivity contribution in [3.8, 4) is 11.5 Å². The van der Waals surface area contributed by atoms with E-state index in [1.165, 1.54) is 6.26 Å². The van der Waals surface area contributed by atoms with E-state index in [-0.39, 0.29) is 12.5 Å². The van der Waals surface area contributed by atoms with Crippen LogP contribution in [0, 0.1) is 0 Å². The first-order valence-electron chi connectivity index (χ1n) is 8.37. The van der Waals surface area contributed by atoms with Crippen LogP contribution in [0.15, 0.2) is 69.8 Å². The van der Waals surface area contributed by atoms with Crippen molar-refractivity contribution in [3.05, 3.63) is 76.6 Å². The molecule has 27 heavy (non-hydrogen) atoms. The highest BCUT2D eigenvalue weighted by Gasteiger charge is 2.49. The van der Waals surface area contributed by atoms with Gasteiger partial charge in [-0.1, -0.05) is 46.3 Å². The van der Waals surface area contributed by atoms with Gasteiger partial charge in [0.25, 0.3) is 5.91 Å². The number of amides is 3. The molecule has 0 saturated carbocycles. The number of nitrogens with one attached hydrogen (secondary N) is 1. The Kier molecular flexibility index (Phi) is 4.31. The molecular weight excluding hydrogens is 410 g/mol. The first kappa shape index (κ1) is 17.5. The molecule has 1 N–H and O–H groups in total. The Morgan fingerprint density at radius 1 is 1.11 bits per heavy atom. The van der Waals surface area contributed by atoms with Gasteiger partial charge in [-0.15, -0.1) is 0 Å². The molecule has 1 aliphatic rings. The maximum Gasteiger partial charge on any atom is 0.325 e. The zero-order valence-electron chi connectivity index (χ0n) is 14.5. The van der Waals surface area contributed by atoms with E-state index in [1.807, 2.05) is 54.6 Å². The van der Waals surface area contributed by atoms with Crippen LogP contribution in [-0.2, 0) is 16.9 Å². The van der Waals surface area contributed by atoms with E-state index in [4.69, 9.17) is 4.42 Å². The van der Waals surface area contributed by atoms with Crippen LogP contribution in [0.4, 0.5) is 4.79 Å². The molecule has 3 aromatic rings. The molecule has 4 rings (SSSR count). The first-order valence-corrected chi connectivity index (χ1v) is 9.16. The molecule has 0 aliphatic carbocycles. The largest absolute Gasteiger partial charge is 0.444 e. The lowest BCUT2D eigenvalue weighted by atomic mass is 9.92. The summed E-state index contributed by atoms with van der Waals surface area (Å²) in [6.45, 7) is 1.75. The van der Waals surface area contributed by atoms with Crippen LogP contribution in [0.3, 0.4) is 0 Å². The maximum absolute atomic E-state index is 13.0. The first-order chi connectivity index (χ1) is 13.0. The van der Waals surface area contributed by atoms with Gasteiger partial charge in [0, 0.05) is 10.0 Å². The number of imide groups is 1. The lowest BCUT2D eigenvalue weighted by molar-refractivity contribution is -0.131. The van der Waals surface area contributed by atoms with Crippen LogP contribution < -0.4 is 5.32 Å².